The Hall–Kier alpha value is -2.36. The molecule has 2 aromatic carbocycles. The molecule has 0 saturated heterocycles. The van der Waals surface area contributed by atoms with Gasteiger partial charge in [0.25, 0.3) is 0 Å². The zero-order chi connectivity index (χ0) is 12.3. The first-order chi connectivity index (χ1) is 8.18. The summed E-state index contributed by atoms with van der Waals surface area (Å²) >= 11 is 0. The van der Waals surface area contributed by atoms with Crippen molar-refractivity contribution in [3.63, 3.8) is 0 Å². The highest BCUT2D eigenvalue weighted by Crippen LogP contribution is 2.26. The first kappa shape index (κ1) is 11.1. The molecule has 86 valence electrons. The molecule has 0 unspecified atom stereocenters. The van der Waals surface area contributed by atoms with E-state index in [-0.39, 0.29) is 11.3 Å². The standard InChI is InChI=1S/C13H10FNO2/c14-10-5-3-4-9(13(10)17)8-15-11-6-1-2-7-12(11)16/h1-8,16-17H. The summed E-state index contributed by atoms with van der Waals surface area (Å²) in [6, 6.07) is 10.7. The van der Waals surface area contributed by atoms with E-state index in [9.17, 15) is 14.6 Å². The average Bonchev–Trinajstić information content (AvgIpc) is 2.33. The fourth-order valence-corrected chi connectivity index (χ4v) is 1.35. The summed E-state index contributed by atoms with van der Waals surface area (Å²) in [5, 5.41) is 18.9. The molecule has 0 atom stereocenters. The molecule has 0 aromatic heterocycles. The maximum atomic E-state index is 13.0. The Kier molecular flexibility index (Phi) is 3.05. The lowest BCUT2D eigenvalue weighted by Gasteiger charge is -2.00. The second kappa shape index (κ2) is 4.65. The summed E-state index contributed by atoms with van der Waals surface area (Å²) in [4.78, 5) is 3.98. The number of halogens is 1. The Balaban J connectivity index is 2.33. The zero-order valence-electron chi connectivity index (χ0n) is 8.84. The van der Waals surface area contributed by atoms with Crippen LogP contribution in [0.1, 0.15) is 5.56 Å². The maximum Gasteiger partial charge on any atom is 0.165 e. The monoisotopic (exact) mass is 231 g/mol. The summed E-state index contributed by atoms with van der Waals surface area (Å²) in [5.74, 6) is -1.13. The van der Waals surface area contributed by atoms with Crippen LogP contribution in [0.5, 0.6) is 11.5 Å². The largest absolute Gasteiger partial charge is 0.506 e. The van der Waals surface area contributed by atoms with Crippen molar-refractivity contribution in [2.75, 3.05) is 0 Å². The summed E-state index contributed by atoms with van der Waals surface area (Å²) in [7, 11) is 0. The Bertz CT molecular complexity index is 567. The molecule has 2 N–H and O–H groups in total. The number of nitrogens with zero attached hydrogens (tertiary/aromatic N) is 1. The van der Waals surface area contributed by atoms with Crippen LogP contribution in [0, 0.1) is 5.82 Å². The summed E-state index contributed by atoms with van der Waals surface area (Å²) in [5.41, 5.74) is 0.615. The van der Waals surface area contributed by atoms with Gasteiger partial charge in [0, 0.05) is 11.8 Å². The molecule has 0 amide bonds. The summed E-state index contributed by atoms with van der Waals surface area (Å²) < 4.78 is 13.0. The van der Waals surface area contributed by atoms with Gasteiger partial charge in [-0.15, -0.1) is 0 Å². The van der Waals surface area contributed by atoms with Gasteiger partial charge in [-0.3, -0.25) is 4.99 Å². The van der Waals surface area contributed by atoms with Crippen LogP contribution >= 0.6 is 0 Å². The molecule has 2 rings (SSSR count). The molecule has 3 nitrogen and oxygen atoms in total. The number of hydrogen-bond donors (Lipinski definition) is 2. The number of phenolic OH excluding ortho intramolecular Hbond substituents is 2. The molecule has 0 aliphatic heterocycles. The van der Waals surface area contributed by atoms with Crippen molar-refractivity contribution in [2.45, 2.75) is 0 Å². The van der Waals surface area contributed by atoms with E-state index in [0.29, 0.717) is 5.69 Å². The summed E-state index contributed by atoms with van der Waals surface area (Å²) in [6.45, 7) is 0. The van der Waals surface area contributed by atoms with Gasteiger partial charge in [0.1, 0.15) is 11.4 Å². The number of aliphatic imine (C=N–C) groups is 1. The molecule has 0 bridgehead atoms. The number of para-hydroxylation sites is 3. The van der Waals surface area contributed by atoms with Crippen LogP contribution in [-0.4, -0.2) is 16.4 Å². The van der Waals surface area contributed by atoms with E-state index in [4.69, 9.17) is 0 Å². The third kappa shape index (κ3) is 2.42. The van der Waals surface area contributed by atoms with Gasteiger partial charge >= 0.3 is 0 Å². The lowest BCUT2D eigenvalue weighted by molar-refractivity contribution is 0.431. The van der Waals surface area contributed by atoms with Gasteiger partial charge in [-0.2, -0.15) is 0 Å². The minimum atomic E-state index is -0.703. The number of phenols is 2. The van der Waals surface area contributed by atoms with Crippen LogP contribution in [0.25, 0.3) is 0 Å². The van der Waals surface area contributed by atoms with Crippen LogP contribution in [-0.2, 0) is 0 Å². The Labute approximate surface area is 97.5 Å². The molecule has 0 aliphatic carbocycles. The van der Waals surface area contributed by atoms with Gasteiger partial charge in [0.2, 0.25) is 0 Å². The van der Waals surface area contributed by atoms with Crippen molar-refractivity contribution < 1.29 is 14.6 Å². The fraction of sp³-hybridized carbons (Fsp3) is 0. The van der Waals surface area contributed by atoms with Crippen LogP contribution in [0.2, 0.25) is 0 Å². The predicted molar refractivity (Wildman–Crippen MR) is 63.4 cm³/mol. The summed E-state index contributed by atoms with van der Waals surface area (Å²) in [6.07, 6.45) is 1.30. The topological polar surface area (TPSA) is 52.8 Å². The van der Waals surface area contributed by atoms with E-state index in [1.54, 1.807) is 18.2 Å². The van der Waals surface area contributed by atoms with Crippen molar-refractivity contribution >= 4 is 11.9 Å². The van der Waals surface area contributed by atoms with Crippen molar-refractivity contribution in [3.8, 4) is 11.5 Å². The number of aromatic hydroxyl groups is 2. The Morgan fingerprint density at radius 2 is 1.76 bits per heavy atom. The molecule has 4 heteroatoms. The number of benzene rings is 2. The third-order valence-corrected chi connectivity index (χ3v) is 2.24. The fourth-order valence-electron chi connectivity index (χ4n) is 1.35. The molecule has 0 fully saturated rings. The van der Waals surface area contributed by atoms with E-state index >= 15 is 0 Å². The first-order valence-corrected chi connectivity index (χ1v) is 4.98. The van der Waals surface area contributed by atoms with E-state index in [2.05, 4.69) is 4.99 Å². The average molecular weight is 231 g/mol. The van der Waals surface area contributed by atoms with Crippen molar-refractivity contribution in [1.82, 2.24) is 0 Å². The molecule has 0 heterocycles. The predicted octanol–water partition coefficient (Wildman–Crippen LogP) is 2.99. The minimum absolute atomic E-state index is 0.0274. The van der Waals surface area contributed by atoms with E-state index in [1.165, 1.54) is 24.4 Å². The second-order valence-corrected chi connectivity index (χ2v) is 3.42. The first-order valence-electron chi connectivity index (χ1n) is 4.98. The van der Waals surface area contributed by atoms with Gasteiger partial charge in [0.15, 0.2) is 11.6 Å². The number of rotatable bonds is 2. The molecular weight excluding hydrogens is 221 g/mol. The molecule has 0 spiro atoms. The van der Waals surface area contributed by atoms with Gasteiger partial charge in [0.05, 0.1) is 0 Å². The maximum absolute atomic E-state index is 13.0. The molecule has 0 saturated carbocycles. The van der Waals surface area contributed by atoms with Crippen LogP contribution < -0.4 is 0 Å². The minimum Gasteiger partial charge on any atom is -0.506 e. The zero-order valence-corrected chi connectivity index (χ0v) is 8.84. The molecule has 0 aliphatic rings. The van der Waals surface area contributed by atoms with E-state index in [0.717, 1.165) is 6.07 Å². The van der Waals surface area contributed by atoms with Gasteiger partial charge < -0.3 is 10.2 Å². The van der Waals surface area contributed by atoms with Crippen LogP contribution in [0.3, 0.4) is 0 Å². The molecular formula is C13H10FNO2. The lowest BCUT2D eigenvalue weighted by Crippen LogP contribution is -1.85. The normalized spacial score (nSPS) is 10.9. The van der Waals surface area contributed by atoms with Crippen LogP contribution in [0.4, 0.5) is 10.1 Å². The van der Waals surface area contributed by atoms with Crippen molar-refractivity contribution in [3.05, 3.63) is 53.8 Å². The Morgan fingerprint density at radius 1 is 1.00 bits per heavy atom. The number of hydrogen-bond acceptors (Lipinski definition) is 3. The van der Waals surface area contributed by atoms with E-state index in [1.807, 2.05) is 0 Å². The highest BCUT2D eigenvalue weighted by Gasteiger charge is 2.04. The van der Waals surface area contributed by atoms with Gasteiger partial charge in [-0.1, -0.05) is 18.2 Å². The highest BCUT2D eigenvalue weighted by atomic mass is 19.1. The lowest BCUT2D eigenvalue weighted by atomic mass is 10.2. The molecule has 17 heavy (non-hydrogen) atoms. The second-order valence-electron chi connectivity index (χ2n) is 3.42. The smallest absolute Gasteiger partial charge is 0.165 e. The van der Waals surface area contributed by atoms with Crippen molar-refractivity contribution in [1.29, 1.82) is 0 Å². The highest BCUT2D eigenvalue weighted by molar-refractivity contribution is 5.85. The van der Waals surface area contributed by atoms with Gasteiger partial charge in [-0.25, -0.2) is 4.39 Å². The quantitative estimate of drug-likeness (QED) is 0.780. The van der Waals surface area contributed by atoms with Crippen molar-refractivity contribution in [2.24, 2.45) is 4.99 Å². The van der Waals surface area contributed by atoms with Gasteiger partial charge in [-0.05, 0) is 24.3 Å². The third-order valence-electron chi connectivity index (χ3n) is 2.24. The van der Waals surface area contributed by atoms with E-state index < -0.39 is 11.6 Å². The molecule has 0 radical (unpaired) electrons. The Morgan fingerprint density at radius 3 is 2.53 bits per heavy atom. The van der Waals surface area contributed by atoms with Crippen LogP contribution in [0.15, 0.2) is 47.5 Å². The molecule has 2 aromatic rings. The SMILES string of the molecule is Oc1ccccc1N=Cc1cccc(F)c1O.